The maximum absolute atomic E-state index is 13.2. The molecule has 0 bridgehead atoms. The summed E-state index contributed by atoms with van der Waals surface area (Å²) in [5.41, 5.74) is 5.77. The van der Waals surface area contributed by atoms with E-state index in [1.807, 2.05) is 13.8 Å². The van der Waals surface area contributed by atoms with E-state index in [2.05, 4.69) is 0 Å². The van der Waals surface area contributed by atoms with Crippen LogP contribution in [0.4, 0.5) is 10.1 Å². The molecule has 160 valence electrons. The van der Waals surface area contributed by atoms with Crippen molar-refractivity contribution >= 4 is 23.5 Å². The lowest BCUT2D eigenvalue weighted by atomic mass is 10.2. The SMILES string of the molecule is CC(C)COc1cccc(C(=O)OCC(=O)N(CCC(N)=O)c2ccc(F)cc2)c1. The van der Waals surface area contributed by atoms with Crippen LogP contribution in [0.1, 0.15) is 30.6 Å². The van der Waals surface area contributed by atoms with Gasteiger partial charge in [0.05, 0.1) is 12.2 Å². The number of hydrogen-bond donors (Lipinski definition) is 1. The molecule has 8 heteroatoms. The van der Waals surface area contributed by atoms with Gasteiger partial charge in [-0.1, -0.05) is 19.9 Å². The number of amides is 2. The Bertz CT molecular complexity index is 883. The molecule has 0 spiro atoms. The summed E-state index contributed by atoms with van der Waals surface area (Å²) < 4.78 is 23.9. The molecule has 0 unspecified atom stereocenters. The first-order chi connectivity index (χ1) is 14.3. The fourth-order valence-corrected chi connectivity index (χ4v) is 2.51. The van der Waals surface area contributed by atoms with Crippen LogP contribution in [0.5, 0.6) is 5.75 Å². The lowest BCUT2D eigenvalue weighted by molar-refractivity contribution is -0.121. The third kappa shape index (κ3) is 7.20. The minimum atomic E-state index is -0.688. The largest absolute Gasteiger partial charge is 0.493 e. The second-order valence-electron chi connectivity index (χ2n) is 7.05. The van der Waals surface area contributed by atoms with Gasteiger partial charge < -0.3 is 20.1 Å². The fourth-order valence-electron chi connectivity index (χ4n) is 2.51. The maximum atomic E-state index is 13.2. The van der Waals surface area contributed by atoms with E-state index in [9.17, 15) is 18.8 Å². The molecule has 0 aliphatic carbocycles. The Morgan fingerprint density at radius 3 is 2.43 bits per heavy atom. The second-order valence-corrected chi connectivity index (χ2v) is 7.05. The van der Waals surface area contributed by atoms with Crippen molar-refractivity contribution in [2.24, 2.45) is 11.7 Å². The average Bonchev–Trinajstić information content (AvgIpc) is 2.71. The summed E-state index contributed by atoms with van der Waals surface area (Å²) in [5.74, 6) is -1.46. The van der Waals surface area contributed by atoms with Crippen molar-refractivity contribution in [3.05, 3.63) is 59.9 Å². The first-order valence-electron chi connectivity index (χ1n) is 9.50. The minimum absolute atomic E-state index is 0.0180. The number of halogens is 1. The molecule has 30 heavy (non-hydrogen) atoms. The smallest absolute Gasteiger partial charge is 0.338 e. The molecule has 0 aromatic heterocycles. The van der Waals surface area contributed by atoms with Crippen LogP contribution in [-0.4, -0.2) is 37.5 Å². The number of hydrogen-bond acceptors (Lipinski definition) is 5. The van der Waals surface area contributed by atoms with Crippen LogP contribution in [0.15, 0.2) is 48.5 Å². The minimum Gasteiger partial charge on any atom is -0.493 e. The molecule has 2 amide bonds. The molecule has 7 nitrogen and oxygen atoms in total. The molecule has 0 fully saturated rings. The molecule has 2 rings (SSSR count). The Balaban J connectivity index is 2.03. The summed E-state index contributed by atoms with van der Waals surface area (Å²) in [7, 11) is 0. The molecule has 2 aromatic carbocycles. The van der Waals surface area contributed by atoms with Crippen molar-refractivity contribution in [2.75, 3.05) is 24.7 Å². The lowest BCUT2D eigenvalue weighted by Gasteiger charge is -2.22. The third-order valence-electron chi connectivity index (χ3n) is 4.00. The first kappa shape index (κ1) is 22.9. The van der Waals surface area contributed by atoms with Crippen molar-refractivity contribution in [1.82, 2.24) is 0 Å². The van der Waals surface area contributed by atoms with Gasteiger partial charge in [0.25, 0.3) is 5.91 Å². The standard InChI is InChI=1S/C22H25FN2O5/c1-15(2)13-29-19-5-3-4-16(12-19)22(28)30-14-21(27)25(11-10-20(24)26)18-8-6-17(23)7-9-18/h3-9,12,15H,10-11,13-14H2,1-2H3,(H2,24,26). The number of esters is 1. The number of nitrogens with two attached hydrogens (primary N) is 1. The quantitative estimate of drug-likeness (QED) is 0.601. The molecule has 0 aliphatic heterocycles. The summed E-state index contributed by atoms with van der Waals surface area (Å²) in [6.45, 7) is 3.95. The first-order valence-corrected chi connectivity index (χ1v) is 9.50. The number of primary amides is 1. The average molecular weight is 416 g/mol. The maximum Gasteiger partial charge on any atom is 0.338 e. The Morgan fingerprint density at radius 2 is 1.80 bits per heavy atom. The highest BCUT2D eigenvalue weighted by Crippen LogP contribution is 2.17. The molecular formula is C22H25FN2O5. The Hall–Kier alpha value is -3.42. The molecular weight excluding hydrogens is 391 g/mol. The molecule has 0 heterocycles. The van der Waals surface area contributed by atoms with E-state index in [0.29, 0.717) is 24.0 Å². The summed E-state index contributed by atoms with van der Waals surface area (Å²) >= 11 is 0. The summed E-state index contributed by atoms with van der Waals surface area (Å²) in [6.07, 6.45) is -0.0910. The number of anilines is 1. The van der Waals surface area contributed by atoms with Crippen LogP contribution >= 0.6 is 0 Å². The number of ether oxygens (including phenoxy) is 2. The number of carbonyl (C=O) groups is 3. The van der Waals surface area contributed by atoms with Gasteiger partial charge in [0.15, 0.2) is 6.61 Å². The third-order valence-corrected chi connectivity index (χ3v) is 4.00. The monoisotopic (exact) mass is 416 g/mol. The number of carbonyl (C=O) groups excluding carboxylic acids is 3. The Kier molecular flexibility index (Phi) is 8.34. The van der Waals surface area contributed by atoms with Crippen molar-refractivity contribution in [3.8, 4) is 5.75 Å². The molecule has 2 N–H and O–H groups in total. The number of nitrogens with zero attached hydrogens (tertiary/aromatic N) is 1. The van der Waals surface area contributed by atoms with Crippen LogP contribution in [0, 0.1) is 11.7 Å². The molecule has 0 saturated carbocycles. The van der Waals surface area contributed by atoms with Crippen molar-refractivity contribution in [3.63, 3.8) is 0 Å². The van der Waals surface area contributed by atoms with E-state index in [1.54, 1.807) is 24.3 Å². The van der Waals surface area contributed by atoms with Gasteiger partial charge in [-0.2, -0.15) is 0 Å². The van der Waals surface area contributed by atoms with E-state index in [-0.39, 0.29) is 18.5 Å². The lowest BCUT2D eigenvalue weighted by Crippen LogP contribution is -2.37. The van der Waals surface area contributed by atoms with Crippen molar-refractivity contribution in [1.29, 1.82) is 0 Å². The van der Waals surface area contributed by atoms with E-state index in [0.717, 1.165) is 0 Å². The van der Waals surface area contributed by atoms with E-state index < -0.39 is 30.2 Å². The van der Waals surface area contributed by atoms with E-state index in [4.69, 9.17) is 15.2 Å². The van der Waals surface area contributed by atoms with Gasteiger partial charge >= 0.3 is 5.97 Å². The topological polar surface area (TPSA) is 98.9 Å². The highest BCUT2D eigenvalue weighted by molar-refractivity contribution is 5.97. The van der Waals surface area contributed by atoms with Crippen molar-refractivity contribution < 1.29 is 28.2 Å². The van der Waals surface area contributed by atoms with Gasteiger partial charge in [0.2, 0.25) is 5.91 Å². The zero-order chi connectivity index (χ0) is 22.1. The molecule has 2 aromatic rings. The van der Waals surface area contributed by atoms with E-state index >= 15 is 0 Å². The zero-order valence-electron chi connectivity index (χ0n) is 17.0. The Morgan fingerprint density at radius 1 is 1.10 bits per heavy atom. The van der Waals surface area contributed by atoms with Gasteiger partial charge in [-0.15, -0.1) is 0 Å². The van der Waals surface area contributed by atoms with Crippen LogP contribution in [-0.2, 0) is 14.3 Å². The van der Waals surface area contributed by atoms with Crippen LogP contribution in [0.3, 0.4) is 0 Å². The summed E-state index contributed by atoms with van der Waals surface area (Å²) in [4.78, 5) is 37.3. The van der Waals surface area contributed by atoms with Crippen LogP contribution < -0.4 is 15.4 Å². The van der Waals surface area contributed by atoms with E-state index in [1.165, 1.54) is 29.2 Å². The zero-order valence-corrected chi connectivity index (χ0v) is 17.0. The molecule has 0 radical (unpaired) electrons. The van der Waals surface area contributed by atoms with Gasteiger partial charge in [-0.25, -0.2) is 9.18 Å². The van der Waals surface area contributed by atoms with Crippen LogP contribution in [0.2, 0.25) is 0 Å². The van der Waals surface area contributed by atoms with Gasteiger partial charge in [-0.3, -0.25) is 9.59 Å². The molecule has 0 aliphatic rings. The fraction of sp³-hybridized carbons (Fsp3) is 0.318. The van der Waals surface area contributed by atoms with Gasteiger partial charge in [0.1, 0.15) is 11.6 Å². The predicted molar refractivity (Wildman–Crippen MR) is 110 cm³/mol. The Labute approximate surface area is 174 Å². The summed E-state index contributed by atoms with van der Waals surface area (Å²) in [5, 5.41) is 0. The highest BCUT2D eigenvalue weighted by atomic mass is 19.1. The predicted octanol–water partition coefficient (Wildman–Crippen LogP) is 2.93. The van der Waals surface area contributed by atoms with Crippen LogP contribution in [0.25, 0.3) is 0 Å². The van der Waals surface area contributed by atoms with Gasteiger partial charge in [0, 0.05) is 18.7 Å². The number of benzene rings is 2. The highest BCUT2D eigenvalue weighted by Gasteiger charge is 2.19. The summed E-state index contributed by atoms with van der Waals surface area (Å²) in [6, 6.07) is 11.6. The van der Waals surface area contributed by atoms with Crippen molar-refractivity contribution in [2.45, 2.75) is 20.3 Å². The molecule has 0 saturated heterocycles. The van der Waals surface area contributed by atoms with Gasteiger partial charge in [-0.05, 0) is 48.4 Å². The molecule has 0 atom stereocenters. The number of rotatable bonds is 10. The normalized spacial score (nSPS) is 10.5. The second kappa shape index (κ2) is 10.9.